The van der Waals surface area contributed by atoms with Crippen molar-refractivity contribution in [3.63, 3.8) is 0 Å². The van der Waals surface area contributed by atoms with Crippen molar-refractivity contribution in [2.24, 2.45) is 0 Å². The summed E-state index contributed by atoms with van der Waals surface area (Å²) >= 11 is 0. The molecule has 5 heteroatoms. The SMILES string of the molecule is CCCCCCCCCCCCCCCCOC(=O)OC(=O)OCC. The zero-order valence-corrected chi connectivity index (χ0v) is 16.4. The van der Waals surface area contributed by atoms with Crippen LogP contribution >= 0.6 is 0 Å². The molecule has 0 rings (SSSR count). The van der Waals surface area contributed by atoms with Crippen molar-refractivity contribution >= 4 is 12.3 Å². The summed E-state index contributed by atoms with van der Waals surface area (Å²) in [5.41, 5.74) is 0. The molecule has 0 unspecified atom stereocenters. The van der Waals surface area contributed by atoms with Crippen LogP contribution in [-0.2, 0) is 14.2 Å². The molecule has 0 spiro atoms. The van der Waals surface area contributed by atoms with Crippen LogP contribution in [0.4, 0.5) is 9.59 Å². The summed E-state index contributed by atoms with van der Waals surface area (Å²) in [6.07, 6.45) is 15.9. The van der Waals surface area contributed by atoms with Crippen LogP contribution in [0.25, 0.3) is 0 Å². The van der Waals surface area contributed by atoms with Gasteiger partial charge in [-0.2, -0.15) is 0 Å². The Balaban J connectivity index is 3.16. The molecule has 0 saturated carbocycles. The van der Waals surface area contributed by atoms with Crippen LogP contribution in [0.2, 0.25) is 0 Å². The molecule has 0 bridgehead atoms. The molecule has 0 aromatic heterocycles. The highest BCUT2D eigenvalue weighted by Crippen LogP contribution is 2.12. The van der Waals surface area contributed by atoms with Gasteiger partial charge in [-0.25, -0.2) is 9.59 Å². The molecule has 0 aliphatic carbocycles. The molecule has 0 aromatic carbocycles. The van der Waals surface area contributed by atoms with Gasteiger partial charge in [0, 0.05) is 0 Å². The molecule has 148 valence electrons. The third-order valence-electron chi connectivity index (χ3n) is 4.15. The van der Waals surface area contributed by atoms with Crippen molar-refractivity contribution in [2.75, 3.05) is 13.2 Å². The molecule has 0 fully saturated rings. The second kappa shape index (κ2) is 19.1. The van der Waals surface area contributed by atoms with Crippen LogP contribution in [0, 0.1) is 0 Å². The van der Waals surface area contributed by atoms with Gasteiger partial charge in [0.05, 0.1) is 13.2 Å². The Bertz CT molecular complexity index is 317. The van der Waals surface area contributed by atoms with Crippen LogP contribution in [0.1, 0.15) is 104 Å². The maximum absolute atomic E-state index is 11.1. The van der Waals surface area contributed by atoms with E-state index < -0.39 is 12.3 Å². The Morgan fingerprint density at radius 3 is 1.40 bits per heavy atom. The van der Waals surface area contributed by atoms with E-state index in [1.54, 1.807) is 6.92 Å². The van der Waals surface area contributed by atoms with E-state index in [1.165, 1.54) is 70.6 Å². The van der Waals surface area contributed by atoms with Gasteiger partial charge in [-0.15, -0.1) is 0 Å². The lowest BCUT2D eigenvalue weighted by molar-refractivity contribution is 0.0380. The average Bonchev–Trinajstić information content (AvgIpc) is 2.58. The number of carbonyl (C=O) groups is 2. The monoisotopic (exact) mass is 358 g/mol. The van der Waals surface area contributed by atoms with Crippen molar-refractivity contribution < 1.29 is 23.8 Å². The predicted octanol–water partition coefficient (Wildman–Crippen LogP) is 6.78. The van der Waals surface area contributed by atoms with Crippen LogP contribution in [0.5, 0.6) is 0 Å². The Morgan fingerprint density at radius 2 is 0.960 bits per heavy atom. The van der Waals surface area contributed by atoms with Crippen molar-refractivity contribution in [3.8, 4) is 0 Å². The van der Waals surface area contributed by atoms with Crippen molar-refractivity contribution in [1.82, 2.24) is 0 Å². The van der Waals surface area contributed by atoms with Gasteiger partial charge < -0.3 is 14.2 Å². The normalized spacial score (nSPS) is 10.5. The number of rotatable bonds is 16. The number of ether oxygens (including phenoxy) is 3. The maximum Gasteiger partial charge on any atom is 0.518 e. The van der Waals surface area contributed by atoms with E-state index in [2.05, 4.69) is 16.4 Å². The fraction of sp³-hybridized carbons (Fsp3) is 0.900. The fourth-order valence-corrected chi connectivity index (χ4v) is 2.70. The molecular weight excluding hydrogens is 320 g/mol. The van der Waals surface area contributed by atoms with Gasteiger partial charge in [0.1, 0.15) is 0 Å². The van der Waals surface area contributed by atoms with Crippen LogP contribution in [-0.4, -0.2) is 25.5 Å². The largest absolute Gasteiger partial charge is 0.518 e. The summed E-state index contributed by atoms with van der Waals surface area (Å²) in [5.74, 6) is 0. The van der Waals surface area contributed by atoms with Gasteiger partial charge >= 0.3 is 12.3 Å². The Labute approximate surface area is 153 Å². The van der Waals surface area contributed by atoms with E-state index in [0.29, 0.717) is 0 Å². The summed E-state index contributed by atoms with van der Waals surface area (Å²) in [4.78, 5) is 22.0. The third-order valence-corrected chi connectivity index (χ3v) is 4.15. The highest BCUT2D eigenvalue weighted by molar-refractivity contribution is 5.76. The molecule has 0 aliphatic rings. The van der Waals surface area contributed by atoms with E-state index in [9.17, 15) is 9.59 Å². The van der Waals surface area contributed by atoms with Gasteiger partial charge in [-0.1, -0.05) is 90.4 Å². The second-order valence-electron chi connectivity index (χ2n) is 6.48. The second-order valence-corrected chi connectivity index (χ2v) is 6.48. The minimum Gasteiger partial charge on any atom is -0.434 e. The van der Waals surface area contributed by atoms with Crippen molar-refractivity contribution in [2.45, 2.75) is 104 Å². The highest BCUT2D eigenvalue weighted by Gasteiger charge is 2.11. The lowest BCUT2D eigenvalue weighted by atomic mass is 10.0. The maximum atomic E-state index is 11.1. The lowest BCUT2D eigenvalue weighted by Gasteiger charge is -2.05. The third kappa shape index (κ3) is 18.9. The Morgan fingerprint density at radius 1 is 0.560 bits per heavy atom. The first-order chi connectivity index (χ1) is 12.2. The van der Waals surface area contributed by atoms with Crippen LogP contribution in [0.15, 0.2) is 0 Å². The minimum absolute atomic E-state index is 0.172. The number of carbonyl (C=O) groups excluding carboxylic acids is 2. The van der Waals surface area contributed by atoms with E-state index in [0.717, 1.165) is 19.3 Å². The van der Waals surface area contributed by atoms with Crippen LogP contribution in [0.3, 0.4) is 0 Å². The summed E-state index contributed by atoms with van der Waals surface area (Å²) in [7, 11) is 0. The quantitative estimate of drug-likeness (QED) is 0.173. The zero-order chi connectivity index (χ0) is 18.6. The van der Waals surface area contributed by atoms with Gasteiger partial charge in [-0.05, 0) is 13.3 Å². The first-order valence-electron chi connectivity index (χ1n) is 10.2. The first-order valence-corrected chi connectivity index (χ1v) is 10.2. The average molecular weight is 359 g/mol. The Hall–Kier alpha value is -1.26. The molecule has 0 heterocycles. The zero-order valence-electron chi connectivity index (χ0n) is 16.4. The van der Waals surface area contributed by atoms with Crippen molar-refractivity contribution in [3.05, 3.63) is 0 Å². The van der Waals surface area contributed by atoms with Gasteiger partial charge in [0.2, 0.25) is 0 Å². The molecule has 25 heavy (non-hydrogen) atoms. The summed E-state index contributed by atoms with van der Waals surface area (Å²) in [6, 6.07) is 0. The number of hydrogen-bond donors (Lipinski definition) is 0. The number of hydrogen-bond acceptors (Lipinski definition) is 5. The fourth-order valence-electron chi connectivity index (χ4n) is 2.70. The summed E-state index contributed by atoms with van der Waals surface area (Å²) in [6.45, 7) is 4.36. The standard InChI is InChI=1S/C20H38O5/c1-3-5-6-7-8-9-10-11-12-13-14-15-16-17-18-24-20(22)25-19(21)23-4-2/h3-18H2,1-2H3. The predicted molar refractivity (Wildman–Crippen MR) is 99.8 cm³/mol. The molecule has 0 radical (unpaired) electrons. The summed E-state index contributed by atoms with van der Waals surface area (Å²) in [5, 5.41) is 0. The van der Waals surface area contributed by atoms with E-state index in [-0.39, 0.29) is 13.2 Å². The molecular formula is C20H38O5. The van der Waals surface area contributed by atoms with Crippen molar-refractivity contribution in [1.29, 1.82) is 0 Å². The van der Waals surface area contributed by atoms with E-state index in [1.807, 2.05) is 0 Å². The topological polar surface area (TPSA) is 61.8 Å². The smallest absolute Gasteiger partial charge is 0.434 e. The molecule has 0 aromatic rings. The molecule has 0 saturated heterocycles. The Kier molecular flexibility index (Phi) is 18.1. The molecule has 0 atom stereocenters. The van der Waals surface area contributed by atoms with Gasteiger partial charge in [0.15, 0.2) is 0 Å². The first kappa shape index (κ1) is 23.7. The van der Waals surface area contributed by atoms with Gasteiger partial charge in [0.25, 0.3) is 0 Å². The molecule has 0 amide bonds. The molecule has 0 aliphatic heterocycles. The van der Waals surface area contributed by atoms with Crippen LogP contribution < -0.4 is 0 Å². The van der Waals surface area contributed by atoms with E-state index >= 15 is 0 Å². The molecule has 5 nitrogen and oxygen atoms in total. The van der Waals surface area contributed by atoms with E-state index in [4.69, 9.17) is 4.74 Å². The lowest BCUT2D eigenvalue weighted by Crippen LogP contribution is -2.15. The highest BCUT2D eigenvalue weighted by atomic mass is 16.8. The summed E-state index contributed by atoms with van der Waals surface area (Å²) < 4.78 is 13.6. The van der Waals surface area contributed by atoms with Gasteiger partial charge in [-0.3, -0.25) is 0 Å². The number of unbranched alkanes of at least 4 members (excludes halogenated alkanes) is 13. The minimum atomic E-state index is -1.01. The molecule has 0 N–H and O–H groups in total.